The van der Waals surface area contributed by atoms with Crippen molar-refractivity contribution in [3.63, 3.8) is 0 Å². The van der Waals surface area contributed by atoms with E-state index in [0.29, 0.717) is 12.5 Å². The zero-order valence-electron chi connectivity index (χ0n) is 8.62. The molecule has 0 saturated carbocycles. The van der Waals surface area contributed by atoms with Crippen molar-refractivity contribution >= 4 is 21.9 Å². The van der Waals surface area contributed by atoms with Crippen molar-refractivity contribution < 1.29 is 14.3 Å². The predicted molar refractivity (Wildman–Crippen MR) is 59.1 cm³/mol. The summed E-state index contributed by atoms with van der Waals surface area (Å²) in [4.78, 5) is 15.2. The molecule has 1 heterocycles. The van der Waals surface area contributed by atoms with Gasteiger partial charge in [-0.15, -0.1) is 0 Å². The van der Waals surface area contributed by atoms with Gasteiger partial charge in [-0.2, -0.15) is 0 Å². The number of hydrogen-bond acceptors (Lipinski definition) is 4. The Bertz CT molecular complexity index is 355. The first-order valence-electron chi connectivity index (χ1n) is 4.56. The van der Waals surface area contributed by atoms with Crippen LogP contribution in [-0.4, -0.2) is 24.7 Å². The van der Waals surface area contributed by atoms with Crippen LogP contribution < -0.4 is 4.74 Å². The van der Waals surface area contributed by atoms with E-state index in [9.17, 15) is 4.79 Å². The van der Waals surface area contributed by atoms with Crippen LogP contribution in [0.1, 0.15) is 23.8 Å². The number of methoxy groups -OCH3 is 1. The van der Waals surface area contributed by atoms with Crippen LogP contribution in [0.2, 0.25) is 0 Å². The zero-order chi connectivity index (χ0) is 11.3. The van der Waals surface area contributed by atoms with Crippen molar-refractivity contribution in [3.05, 3.63) is 22.3 Å². The van der Waals surface area contributed by atoms with Crippen LogP contribution in [0.4, 0.5) is 0 Å². The lowest BCUT2D eigenvalue weighted by Crippen LogP contribution is -2.06. The topological polar surface area (TPSA) is 48.4 Å². The van der Waals surface area contributed by atoms with Crippen molar-refractivity contribution in [2.75, 3.05) is 13.7 Å². The van der Waals surface area contributed by atoms with E-state index in [-0.39, 0.29) is 5.69 Å². The molecule has 0 aliphatic heterocycles. The molecule has 0 aromatic carbocycles. The third kappa shape index (κ3) is 3.20. The zero-order valence-corrected chi connectivity index (χ0v) is 10.2. The van der Waals surface area contributed by atoms with Crippen molar-refractivity contribution in [2.45, 2.75) is 13.3 Å². The Morgan fingerprint density at radius 1 is 1.53 bits per heavy atom. The number of rotatable bonds is 4. The maximum Gasteiger partial charge on any atom is 0.356 e. The lowest BCUT2D eigenvalue weighted by Gasteiger charge is -2.06. The molecule has 1 aromatic rings. The van der Waals surface area contributed by atoms with E-state index in [1.54, 1.807) is 12.1 Å². The van der Waals surface area contributed by atoms with Crippen LogP contribution >= 0.6 is 15.9 Å². The maximum absolute atomic E-state index is 11.2. The van der Waals surface area contributed by atoms with E-state index in [2.05, 4.69) is 25.7 Å². The number of pyridine rings is 1. The molecule has 0 fully saturated rings. The first-order valence-corrected chi connectivity index (χ1v) is 5.36. The number of hydrogen-bond donors (Lipinski definition) is 0. The summed E-state index contributed by atoms with van der Waals surface area (Å²) in [5.41, 5.74) is 0.242. The highest BCUT2D eigenvalue weighted by atomic mass is 79.9. The molecular formula is C10H12BrNO3. The van der Waals surface area contributed by atoms with Crippen LogP contribution in [0.15, 0.2) is 16.6 Å². The Balaban J connectivity index is 2.89. The summed E-state index contributed by atoms with van der Waals surface area (Å²) in [7, 11) is 1.32. The van der Waals surface area contributed by atoms with Gasteiger partial charge in [-0.3, -0.25) is 0 Å². The summed E-state index contributed by atoms with van der Waals surface area (Å²) in [6.07, 6.45) is 0.885. The molecule has 0 radical (unpaired) electrons. The van der Waals surface area contributed by atoms with Crippen molar-refractivity contribution in [3.8, 4) is 5.88 Å². The molecule has 0 atom stereocenters. The molecule has 15 heavy (non-hydrogen) atoms. The fourth-order valence-electron chi connectivity index (χ4n) is 0.942. The van der Waals surface area contributed by atoms with Crippen LogP contribution in [0, 0.1) is 0 Å². The number of halogens is 1. The Morgan fingerprint density at radius 3 is 2.87 bits per heavy atom. The van der Waals surface area contributed by atoms with E-state index in [1.165, 1.54) is 7.11 Å². The third-order valence-corrected chi connectivity index (χ3v) is 2.25. The largest absolute Gasteiger partial charge is 0.477 e. The van der Waals surface area contributed by atoms with Crippen LogP contribution in [0.5, 0.6) is 5.88 Å². The number of carbonyl (C=O) groups is 1. The van der Waals surface area contributed by atoms with Gasteiger partial charge in [0, 0.05) is 0 Å². The average molecular weight is 274 g/mol. The monoisotopic (exact) mass is 273 g/mol. The normalized spacial score (nSPS) is 9.80. The SMILES string of the molecule is CCCOc1nc(C(=O)OC)ccc1Br. The fraction of sp³-hybridized carbons (Fsp3) is 0.400. The van der Waals surface area contributed by atoms with Gasteiger partial charge in [0.25, 0.3) is 0 Å². The first kappa shape index (κ1) is 12.0. The first-order chi connectivity index (χ1) is 7.19. The molecule has 0 bridgehead atoms. The van der Waals surface area contributed by atoms with E-state index >= 15 is 0 Å². The van der Waals surface area contributed by atoms with Gasteiger partial charge in [0.1, 0.15) is 0 Å². The van der Waals surface area contributed by atoms with E-state index in [0.717, 1.165) is 10.9 Å². The number of esters is 1. The minimum Gasteiger partial charge on any atom is -0.477 e. The summed E-state index contributed by atoms with van der Waals surface area (Å²) < 4.78 is 10.6. The van der Waals surface area contributed by atoms with Crippen LogP contribution in [-0.2, 0) is 4.74 Å². The second-order valence-corrected chi connectivity index (χ2v) is 3.68. The van der Waals surface area contributed by atoms with Gasteiger partial charge in [-0.25, -0.2) is 9.78 Å². The Kier molecular flexibility index (Phi) is 4.55. The van der Waals surface area contributed by atoms with Crippen molar-refractivity contribution in [1.29, 1.82) is 0 Å². The van der Waals surface area contributed by atoms with Gasteiger partial charge in [0.05, 0.1) is 18.2 Å². The molecule has 1 aromatic heterocycles. The molecule has 0 spiro atoms. The quantitative estimate of drug-likeness (QED) is 0.791. The Morgan fingerprint density at radius 2 is 2.27 bits per heavy atom. The van der Waals surface area contributed by atoms with E-state index in [1.807, 2.05) is 6.92 Å². The van der Waals surface area contributed by atoms with Crippen molar-refractivity contribution in [1.82, 2.24) is 4.98 Å². The highest BCUT2D eigenvalue weighted by molar-refractivity contribution is 9.10. The number of nitrogens with zero attached hydrogens (tertiary/aromatic N) is 1. The fourth-order valence-corrected chi connectivity index (χ4v) is 1.28. The van der Waals surface area contributed by atoms with Gasteiger partial charge in [-0.05, 0) is 34.5 Å². The summed E-state index contributed by atoms with van der Waals surface area (Å²) in [6.45, 7) is 2.56. The van der Waals surface area contributed by atoms with Crippen LogP contribution in [0.3, 0.4) is 0 Å². The molecule has 4 nitrogen and oxygen atoms in total. The van der Waals surface area contributed by atoms with Crippen molar-refractivity contribution in [2.24, 2.45) is 0 Å². The summed E-state index contributed by atoms with van der Waals surface area (Å²) in [5, 5.41) is 0. The second kappa shape index (κ2) is 5.70. The predicted octanol–water partition coefficient (Wildman–Crippen LogP) is 2.42. The molecule has 0 amide bonds. The Labute approximate surface area is 96.7 Å². The number of aromatic nitrogens is 1. The molecule has 82 valence electrons. The molecule has 0 N–H and O–H groups in total. The van der Waals surface area contributed by atoms with Gasteiger partial charge >= 0.3 is 5.97 Å². The van der Waals surface area contributed by atoms with Gasteiger partial charge < -0.3 is 9.47 Å². The molecule has 0 unspecified atom stereocenters. The minimum atomic E-state index is -0.469. The summed E-state index contributed by atoms with van der Waals surface area (Å²) in [6, 6.07) is 3.29. The summed E-state index contributed by atoms with van der Waals surface area (Å²) >= 11 is 3.29. The standard InChI is InChI=1S/C10H12BrNO3/c1-3-6-15-9-7(11)4-5-8(12-9)10(13)14-2/h4-5H,3,6H2,1-2H3. The van der Waals surface area contributed by atoms with E-state index in [4.69, 9.17) is 4.74 Å². The maximum atomic E-state index is 11.2. The van der Waals surface area contributed by atoms with E-state index < -0.39 is 5.97 Å². The highest BCUT2D eigenvalue weighted by Gasteiger charge is 2.11. The second-order valence-electron chi connectivity index (χ2n) is 2.82. The van der Waals surface area contributed by atoms with Gasteiger partial charge in [-0.1, -0.05) is 6.92 Å². The number of carbonyl (C=O) groups excluding carboxylic acids is 1. The third-order valence-electron chi connectivity index (χ3n) is 1.65. The highest BCUT2D eigenvalue weighted by Crippen LogP contribution is 2.22. The van der Waals surface area contributed by atoms with Gasteiger partial charge in [0.2, 0.25) is 5.88 Å². The summed E-state index contributed by atoms with van der Waals surface area (Å²) in [5.74, 6) is -0.0522. The molecule has 1 rings (SSSR count). The molecule has 0 saturated heterocycles. The van der Waals surface area contributed by atoms with Crippen LogP contribution in [0.25, 0.3) is 0 Å². The Hall–Kier alpha value is -1.10. The van der Waals surface area contributed by atoms with Gasteiger partial charge in [0.15, 0.2) is 5.69 Å². The lowest BCUT2D eigenvalue weighted by atomic mass is 10.3. The minimum absolute atomic E-state index is 0.242. The molecular weight excluding hydrogens is 262 g/mol. The molecule has 5 heteroatoms. The average Bonchev–Trinajstić information content (AvgIpc) is 2.27. The molecule has 0 aliphatic carbocycles. The smallest absolute Gasteiger partial charge is 0.356 e. The number of ether oxygens (including phenoxy) is 2. The molecule has 0 aliphatic rings. The lowest BCUT2D eigenvalue weighted by molar-refractivity contribution is 0.0592.